The van der Waals surface area contributed by atoms with E-state index >= 15 is 0 Å². The van der Waals surface area contributed by atoms with E-state index in [9.17, 15) is 0 Å². The molecular formula is C38H21BN2. The lowest BCUT2D eigenvalue weighted by Gasteiger charge is -2.33. The number of fused-ring (bicyclic) bond motifs is 12. The fraction of sp³-hybridized carbons (Fsp3) is 0. The van der Waals surface area contributed by atoms with E-state index in [1.54, 1.807) is 0 Å². The van der Waals surface area contributed by atoms with Crippen LogP contribution in [0.25, 0.3) is 76.5 Å². The molecule has 11 rings (SSSR count). The number of hydrogen-bond donors (Lipinski definition) is 0. The molecule has 2 aliphatic heterocycles. The van der Waals surface area contributed by atoms with E-state index in [0.717, 1.165) is 0 Å². The van der Waals surface area contributed by atoms with Crippen LogP contribution in [-0.4, -0.2) is 15.8 Å². The Labute approximate surface area is 235 Å². The van der Waals surface area contributed by atoms with Gasteiger partial charge >= 0.3 is 0 Å². The highest BCUT2D eigenvalue weighted by Gasteiger charge is 2.40. The van der Waals surface area contributed by atoms with Gasteiger partial charge in [0, 0.05) is 44.0 Å². The van der Waals surface area contributed by atoms with Crippen LogP contribution >= 0.6 is 0 Å². The summed E-state index contributed by atoms with van der Waals surface area (Å²) in [5, 5.41) is 10.5. The van der Waals surface area contributed by atoms with Gasteiger partial charge in [-0.3, -0.25) is 0 Å². The highest BCUT2D eigenvalue weighted by atomic mass is 15.0. The van der Waals surface area contributed by atoms with E-state index in [1.807, 2.05) is 0 Å². The minimum Gasteiger partial charge on any atom is -0.310 e. The van der Waals surface area contributed by atoms with Crippen LogP contribution in [0.2, 0.25) is 0 Å². The summed E-state index contributed by atoms with van der Waals surface area (Å²) in [5.41, 5.74) is 12.1. The molecule has 0 bridgehead atoms. The van der Waals surface area contributed by atoms with Crippen molar-refractivity contribution in [2.75, 3.05) is 0 Å². The molecule has 0 spiro atoms. The fourth-order valence-corrected chi connectivity index (χ4v) is 8.23. The minimum atomic E-state index is 0.186. The third-order valence-electron chi connectivity index (χ3n) is 9.82. The molecule has 0 aliphatic carbocycles. The largest absolute Gasteiger partial charge is 0.310 e. The Balaban J connectivity index is 1.37. The van der Waals surface area contributed by atoms with Crippen LogP contribution in [0.15, 0.2) is 127 Å². The lowest BCUT2D eigenvalue weighted by Crippen LogP contribution is -2.59. The van der Waals surface area contributed by atoms with Crippen molar-refractivity contribution < 1.29 is 0 Å². The van der Waals surface area contributed by atoms with E-state index in [4.69, 9.17) is 0 Å². The topological polar surface area (TPSA) is 9.86 Å². The molecule has 0 N–H and O–H groups in total. The van der Waals surface area contributed by atoms with Gasteiger partial charge in [0.05, 0.1) is 11.0 Å². The van der Waals surface area contributed by atoms with Crippen LogP contribution in [0.3, 0.4) is 0 Å². The molecule has 3 heteroatoms. The second-order valence-corrected chi connectivity index (χ2v) is 11.7. The molecule has 2 aliphatic rings. The normalized spacial score (nSPS) is 13.3. The Morgan fingerprint density at radius 3 is 1.32 bits per heavy atom. The average molecular weight is 516 g/mol. The fourth-order valence-electron chi connectivity index (χ4n) is 8.23. The molecule has 2 nitrogen and oxygen atoms in total. The zero-order valence-corrected chi connectivity index (χ0v) is 22.1. The lowest BCUT2D eigenvalue weighted by atomic mass is 9.34. The quantitative estimate of drug-likeness (QED) is 0.187. The SMILES string of the molecule is c1cc2c3c(c1)-n1c4cc5ccccc5cc4c4cccc(c41)B3c1cccc3c4cc5ccccc5cc4n-2c13. The van der Waals surface area contributed by atoms with Crippen molar-refractivity contribution in [3.63, 3.8) is 0 Å². The molecule has 0 saturated carbocycles. The molecule has 2 aromatic heterocycles. The lowest BCUT2D eigenvalue weighted by molar-refractivity contribution is 1.14. The van der Waals surface area contributed by atoms with Gasteiger partial charge in [-0.15, -0.1) is 0 Å². The van der Waals surface area contributed by atoms with E-state index in [2.05, 4.69) is 137 Å². The Hall–Kier alpha value is -5.28. The Morgan fingerprint density at radius 2 is 0.829 bits per heavy atom. The second-order valence-electron chi connectivity index (χ2n) is 11.7. The van der Waals surface area contributed by atoms with Crippen molar-refractivity contribution in [1.29, 1.82) is 0 Å². The van der Waals surface area contributed by atoms with Crippen molar-refractivity contribution in [3.8, 4) is 11.4 Å². The number of para-hydroxylation sites is 2. The molecule has 4 heterocycles. The van der Waals surface area contributed by atoms with Gasteiger partial charge in [-0.1, -0.05) is 91.0 Å². The number of aromatic nitrogens is 2. The van der Waals surface area contributed by atoms with Gasteiger partial charge in [-0.25, -0.2) is 0 Å². The number of nitrogens with zero attached hydrogens (tertiary/aromatic N) is 2. The van der Waals surface area contributed by atoms with Crippen LogP contribution in [0.4, 0.5) is 0 Å². The van der Waals surface area contributed by atoms with Crippen LogP contribution in [0.1, 0.15) is 0 Å². The van der Waals surface area contributed by atoms with Crippen LogP contribution in [0.5, 0.6) is 0 Å². The maximum atomic E-state index is 2.55. The monoisotopic (exact) mass is 516 g/mol. The third kappa shape index (κ3) is 2.32. The predicted molar refractivity (Wildman–Crippen MR) is 175 cm³/mol. The molecule has 186 valence electrons. The summed E-state index contributed by atoms with van der Waals surface area (Å²) in [5.74, 6) is 0. The van der Waals surface area contributed by atoms with Gasteiger partial charge in [0.1, 0.15) is 0 Å². The molecule has 0 fully saturated rings. The zero-order chi connectivity index (χ0) is 26.4. The Bertz CT molecular complexity index is 2470. The summed E-state index contributed by atoms with van der Waals surface area (Å²) in [7, 11) is 0. The summed E-state index contributed by atoms with van der Waals surface area (Å²) in [6, 6.07) is 47.9. The molecule has 0 unspecified atom stereocenters. The molecular weight excluding hydrogens is 495 g/mol. The zero-order valence-electron chi connectivity index (χ0n) is 22.1. The standard InChI is InChI=1S/C38H21BN2/c1-3-10-24-20-34-28(18-22(24)8-1)26-12-5-14-30-37(26)40(34)32-16-7-17-33-36(32)39(30)31-15-6-13-27-29-19-23-9-2-4-11-25(23)21-35(29)41(33)38(27)31/h1-21H. The molecule has 0 saturated heterocycles. The van der Waals surface area contributed by atoms with Crippen molar-refractivity contribution in [3.05, 3.63) is 127 Å². The van der Waals surface area contributed by atoms with Crippen LogP contribution in [-0.2, 0) is 0 Å². The van der Waals surface area contributed by atoms with Crippen molar-refractivity contribution in [1.82, 2.24) is 9.13 Å². The average Bonchev–Trinajstić information content (AvgIpc) is 3.52. The van der Waals surface area contributed by atoms with E-state index in [1.165, 1.54) is 92.9 Å². The van der Waals surface area contributed by atoms with Crippen LogP contribution < -0.4 is 16.4 Å². The van der Waals surface area contributed by atoms with Gasteiger partial charge < -0.3 is 9.13 Å². The molecule has 0 amide bonds. The first-order chi connectivity index (χ1) is 20.3. The summed E-state index contributed by atoms with van der Waals surface area (Å²) in [6.07, 6.45) is 0. The molecule has 41 heavy (non-hydrogen) atoms. The molecule has 0 atom stereocenters. The van der Waals surface area contributed by atoms with E-state index in [-0.39, 0.29) is 6.71 Å². The van der Waals surface area contributed by atoms with Gasteiger partial charge in [-0.2, -0.15) is 0 Å². The van der Waals surface area contributed by atoms with E-state index in [0.29, 0.717) is 0 Å². The number of rotatable bonds is 0. The first kappa shape index (κ1) is 20.6. The summed E-state index contributed by atoms with van der Waals surface area (Å²) in [4.78, 5) is 0. The third-order valence-corrected chi connectivity index (χ3v) is 9.82. The van der Waals surface area contributed by atoms with Crippen molar-refractivity contribution in [2.45, 2.75) is 0 Å². The van der Waals surface area contributed by atoms with Gasteiger partial charge in [-0.05, 0) is 74.3 Å². The van der Waals surface area contributed by atoms with Gasteiger partial charge in [0.2, 0.25) is 0 Å². The molecule has 0 radical (unpaired) electrons. The predicted octanol–water partition coefficient (Wildman–Crippen LogP) is 7.33. The molecule has 9 aromatic rings. The van der Waals surface area contributed by atoms with Gasteiger partial charge in [0.25, 0.3) is 6.71 Å². The van der Waals surface area contributed by atoms with E-state index < -0.39 is 0 Å². The highest BCUT2D eigenvalue weighted by molar-refractivity contribution is 7.00. The maximum absolute atomic E-state index is 2.55. The maximum Gasteiger partial charge on any atom is 0.252 e. The summed E-state index contributed by atoms with van der Waals surface area (Å²) in [6.45, 7) is 0.186. The van der Waals surface area contributed by atoms with Crippen LogP contribution in [0, 0.1) is 0 Å². The summed E-state index contributed by atoms with van der Waals surface area (Å²) >= 11 is 0. The molecule has 7 aromatic carbocycles. The summed E-state index contributed by atoms with van der Waals surface area (Å²) < 4.78 is 5.10. The van der Waals surface area contributed by atoms with Crippen molar-refractivity contribution in [2.24, 2.45) is 0 Å². The second kappa shape index (κ2) is 6.89. The van der Waals surface area contributed by atoms with Gasteiger partial charge in [0.15, 0.2) is 0 Å². The Kier molecular flexibility index (Phi) is 3.46. The number of hydrogen-bond acceptors (Lipinski definition) is 0. The first-order valence-electron chi connectivity index (χ1n) is 14.4. The highest BCUT2D eigenvalue weighted by Crippen LogP contribution is 2.40. The number of benzene rings is 7. The van der Waals surface area contributed by atoms with Crippen molar-refractivity contribution >= 4 is 88.3 Å². The minimum absolute atomic E-state index is 0.186. The smallest absolute Gasteiger partial charge is 0.252 e. The first-order valence-corrected chi connectivity index (χ1v) is 14.4. The Morgan fingerprint density at radius 1 is 0.390 bits per heavy atom.